The number of ether oxygens (including phenoxy) is 3. The highest BCUT2D eigenvalue weighted by Crippen LogP contribution is 2.30. The Morgan fingerprint density at radius 3 is 2.50 bits per heavy atom. The summed E-state index contributed by atoms with van der Waals surface area (Å²) < 4.78 is 17.3. The van der Waals surface area contributed by atoms with Crippen molar-refractivity contribution < 1.29 is 14.2 Å². The Bertz CT molecular complexity index is 766. The number of nitrogens with one attached hydrogen (secondary N) is 2. The Labute approximate surface area is 183 Å². The summed E-state index contributed by atoms with van der Waals surface area (Å²) in [6.07, 6.45) is 0.112. The van der Waals surface area contributed by atoms with Crippen molar-refractivity contribution in [1.29, 1.82) is 0 Å². The van der Waals surface area contributed by atoms with Gasteiger partial charge < -0.3 is 24.8 Å². The van der Waals surface area contributed by atoms with Gasteiger partial charge in [-0.1, -0.05) is 24.3 Å². The number of aliphatic imine (C=N–C) groups is 1. The molecule has 0 saturated heterocycles. The first kappa shape index (κ1) is 22.1. The van der Waals surface area contributed by atoms with Crippen molar-refractivity contribution in [3.05, 3.63) is 54.1 Å². The van der Waals surface area contributed by atoms with E-state index in [0.717, 1.165) is 28.8 Å². The molecular formula is C21H28IN3O3. The Balaban J connectivity index is 0.00000280. The smallest absolute Gasteiger partial charge is 0.191 e. The van der Waals surface area contributed by atoms with Gasteiger partial charge in [-0.05, 0) is 43.7 Å². The van der Waals surface area contributed by atoms with Crippen molar-refractivity contribution in [1.82, 2.24) is 10.6 Å². The zero-order valence-corrected chi connectivity index (χ0v) is 18.8. The van der Waals surface area contributed by atoms with Crippen LogP contribution in [0.25, 0.3) is 0 Å². The lowest BCUT2D eigenvalue weighted by Crippen LogP contribution is -2.45. The molecule has 2 aromatic rings. The topological polar surface area (TPSA) is 64.1 Å². The maximum Gasteiger partial charge on any atom is 0.191 e. The Morgan fingerprint density at radius 2 is 1.82 bits per heavy atom. The SMILES string of the molecule is CN=C(NCc1ccc(OC(C)C)cc1)NCC1COc2ccccc2O1.I. The number of rotatable bonds is 6. The van der Waals surface area contributed by atoms with Crippen LogP contribution in [-0.2, 0) is 6.54 Å². The molecule has 1 aliphatic rings. The van der Waals surface area contributed by atoms with Gasteiger partial charge in [0.05, 0.1) is 12.6 Å². The summed E-state index contributed by atoms with van der Waals surface area (Å²) >= 11 is 0. The van der Waals surface area contributed by atoms with Gasteiger partial charge >= 0.3 is 0 Å². The van der Waals surface area contributed by atoms with Gasteiger partial charge in [0.2, 0.25) is 0 Å². The van der Waals surface area contributed by atoms with Crippen LogP contribution in [0, 0.1) is 0 Å². The fourth-order valence-corrected chi connectivity index (χ4v) is 2.74. The van der Waals surface area contributed by atoms with E-state index in [1.54, 1.807) is 7.05 Å². The molecule has 0 spiro atoms. The first-order valence-corrected chi connectivity index (χ1v) is 9.22. The van der Waals surface area contributed by atoms with Gasteiger partial charge in [-0.15, -0.1) is 24.0 Å². The van der Waals surface area contributed by atoms with Crippen LogP contribution in [0.4, 0.5) is 0 Å². The van der Waals surface area contributed by atoms with E-state index in [1.807, 2.05) is 62.4 Å². The van der Waals surface area contributed by atoms with Crippen molar-refractivity contribution in [2.75, 3.05) is 20.2 Å². The summed E-state index contributed by atoms with van der Waals surface area (Å²) in [5.41, 5.74) is 1.15. The summed E-state index contributed by atoms with van der Waals surface area (Å²) in [7, 11) is 1.75. The van der Waals surface area contributed by atoms with E-state index >= 15 is 0 Å². The first-order valence-electron chi connectivity index (χ1n) is 9.22. The number of halogens is 1. The average molecular weight is 497 g/mol. The summed E-state index contributed by atoms with van der Waals surface area (Å²) in [6, 6.07) is 15.8. The first-order chi connectivity index (χ1) is 13.1. The molecule has 0 saturated carbocycles. The van der Waals surface area contributed by atoms with E-state index in [4.69, 9.17) is 14.2 Å². The molecule has 1 heterocycles. The molecular weight excluding hydrogens is 469 g/mol. The Morgan fingerprint density at radius 1 is 1.11 bits per heavy atom. The fraction of sp³-hybridized carbons (Fsp3) is 0.381. The van der Waals surface area contributed by atoms with Crippen molar-refractivity contribution >= 4 is 29.9 Å². The number of guanidine groups is 1. The summed E-state index contributed by atoms with van der Waals surface area (Å²) in [5, 5.41) is 6.59. The number of fused-ring (bicyclic) bond motifs is 1. The van der Waals surface area contributed by atoms with Crippen molar-refractivity contribution in [3.8, 4) is 17.2 Å². The highest BCUT2D eigenvalue weighted by atomic mass is 127. The minimum Gasteiger partial charge on any atom is -0.491 e. The lowest BCUT2D eigenvalue weighted by molar-refractivity contribution is 0.0936. The van der Waals surface area contributed by atoms with Gasteiger partial charge in [-0.25, -0.2) is 0 Å². The largest absolute Gasteiger partial charge is 0.491 e. The van der Waals surface area contributed by atoms with Gasteiger partial charge in [-0.3, -0.25) is 4.99 Å². The second-order valence-electron chi connectivity index (χ2n) is 6.61. The molecule has 2 N–H and O–H groups in total. The lowest BCUT2D eigenvalue weighted by atomic mass is 10.2. The van der Waals surface area contributed by atoms with E-state index in [0.29, 0.717) is 19.7 Å². The molecule has 1 aliphatic heterocycles. The van der Waals surface area contributed by atoms with Gasteiger partial charge in [-0.2, -0.15) is 0 Å². The highest BCUT2D eigenvalue weighted by molar-refractivity contribution is 14.0. The molecule has 0 radical (unpaired) electrons. The average Bonchev–Trinajstić information content (AvgIpc) is 2.68. The Kier molecular flexibility index (Phi) is 8.69. The summed E-state index contributed by atoms with van der Waals surface area (Å²) in [4.78, 5) is 4.26. The standard InChI is InChI=1S/C21H27N3O3.HI/c1-15(2)26-17-10-8-16(9-11-17)12-23-21(22-3)24-13-18-14-25-19-6-4-5-7-20(19)27-18;/h4-11,15,18H,12-14H2,1-3H3,(H2,22,23,24);1H. The molecule has 3 rings (SSSR count). The number of hydrogen-bond acceptors (Lipinski definition) is 4. The molecule has 2 aromatic carbocycles. The molecule has 0 aliphatic carbocycles. The third-order valence-corrected chi connectivity index (χ3v) is 4.04. The van der Waals surface area contributed by atoms with E-state index in [2.05, 4.69) is 15.6 Å². The molecule has 1 unspecified atom stereocenters. The number of para-hydroxylation sites is 2. The molecule has 0 amide bonds. The van der Waals surface area contributed by atoms with Crippen LogP contribution in [0.1, 0.15) is 19.4 Å². The number of benzene rings is 2. The van der Waals surface area contributed by atoms with Crippen molar-refractivity contribution in [2.24, 2.45) is 4.99 Å². The third-order valence-electron chi connectivity index (χ3n) is 4.04. The van der Waals surface area contributed by atoms with Crippen LogP contribution in [-0.4, -0.2) is 38.4 Å². The normalized spacial score (nSPS) is 15.6. The fourth-order valence-electron chi connectivity index (χ4n) is 2.74. The molecule has 6 nitrogen and oxygen atoms in total. The minimum atomic E-state index is -0.0640. The molecule has 152 valence electrons. The van der Waals surface area contributed by atoms with Crippen LogP contribution in [0.15, 0.2) is 53.5 Å². The van der Waals surface area contributed by atoms with Crippen LogP contribution >= 0.6 is 24.0 Å². The van der Waals surface area contributed by atoms with Gasteiger partial charge in [0.1, 0.15) is 18.5 Å². The van der Waals surface area contributed by atoms with Gasteiger partial charge in [0.25, 0.3) is 0 Å². The molecule has 0 fully saturated rings. The maximum absolute atomic E-state index is 5.95. The molecule has 28 heavy (non-hydrogen) atoms. The van der Waals surface area contributed by atoms with Crippen molar-refractivity contribution in [2.45, 2.75) is 32.6 Å². The maximum atomic E-state index is 5.95. The van der Waals surface area contributed by atoms with E-state index in [-0.39, 0.29) is 36.2 Å². The zero-order valence-electron chi connectivity index (χ0n) is 16.5. The lowest BCUT2D eigenvalue weighted by Gasteiger charge is -2.27. The van der Waals surface area contributed by atoms with Gasteiger partial charge in [0, 0.05) is 13.6 Å². The summed E-state index contributed by atoms with van der Waals surface area (Å²) in [6.45, 7) is 5.83. The van der Waals surface area contributed by atoms with Crippen LogP contribution in [0.3, 0.4) is 0 Å². The van der Waals surface area contributed by atoms with E-state index in [1.165, 1.54) is 0 Å². The van der Waals surface area contributed by atoms with E-state index < -0.39 is 0 Å². The second-order valence-corrected chi connectivity index (χ2v) is 6.61. The second kappa shape index (κ2) is 11.0. The van der Waals surface area contributed by atoms with Gasteiger partial charge in [0.15, 0.2) is 17.5 Å². The molecule has 7 heteroatoms. The zero-order chi connectivity index (χ0) is 19.1. The quantitative estimate of drug-likeness (QED) is 0.363. The Hall–Kier alpha value is -2.16. The van der Waals surface area contributed by atoms with Crippen LogP contribution < -0.4 is 24.8 Å². The molecule has 1 atom stereocenters. The predicted molar refractivity (Wildman–Crippen MR) is 122 cm³/mol. The third kappa shape index (κ3) is 6.47. The summed E-state index contributed by atoms with van der Waals surface area (Å²) in [5.74, 6) is 3.18. The predicted octanol–water partition coefficient (Wildman–Crippen LogP) is 3.60. The minimum absolute atomic E-state index is 0. The van der Waals surface area contributed by atoms with Crippen molar-refractivity contribution in [3.63, 3.8) is 0 Å². The number of hydrogen-bond donors (Lipinski definition) is 2. The molecule has 0 aromatic heterocycles. The highest BCUT2D eigenvalue weighted by Gasteiger charge is 2.20. The molecule has 0 bridgehead atoms. The van der Waals surface area contributed by atoms with Crippen LogP contribution in [0.2, 0.25) is 0 Å². The number of nitrogens with zero attached hydrogens (tertiary/aromatic N) is 1. The van der Waals surface area contributed by atoms with E-state index in [9.17, 15) is 0 Å². The van der Waals surface area contributed by atoms with Crippen LogP contribution in [0.5, 0.6) is 17.2 Å². The monoisotopic (exact) mass is 497 g/mol.